The second-order valence-corrected chi connectivity index (χ2v) is 12.0. The van der Waals surface area contributed by atoms with Crippen LogP contribution in [0.4, 0.5) is 0 Å². The number of rotatable bonds is 13. The van der Waals surface area contributed by atoms with Crippen LogP contribution >= 0.6 is 0 Å². The Labute approximate surface area is 257 Å². The highest BCUT2D eigenvalue weighted by molar-refractivity contribution is 7.89. The summed E-state index contributed by atoms with van der Waals surface area (Å²) in [6, 6.07) is 24.5. The van der Waals surface area contributed by atoms with Crippen LogP contribution in [0.3, 0.4) is 0 Å². The molecule has 5 rings (SSSR count). The van der Waals surface area contributed by atoms with Gasteiger partial charge in [-0.05, 0) is 24.3 Å². The minimum Gasteiger partial charge on any atom is -0.493 e. The first-order valence-corrected chi connectivity index (χ1v) is 16.1. The molecular formula is C32H37N5O6S. The number of piperazine rings is 1. The van der Waals surface area contributed by atoms with E-state index in [0.29, 0.717) is 68.5 Å². The quantitative estimate of drug-likeness (QED) is 0.221. The Morgan fingerprint density at radius 2 is 1.64 bits per heavy atom. The van der Waals surface area contributed by atoms with Crippen molar-refractivity contribution in [2.24, 2.45) is 0 Å². The summed E-state index contributed by atoms with van der Waals surface area (Å²) in [5, 5.41) is 3.26. The zero-order valence-electron chi connectivity index (χ0n) is 24.6. The molecule has 0 saturated carbocycles. The second kappa shape index (κ2) is 14.5. The van der Waals surface area contributed by atoms with Gasteiger partial charge in [0.25, 0.3) is 5.91 Å². The van der Waals surface area contributed by atoms with Gasteiger partial charge in [-0.3, -0.25) is 13.9 Å². The standard InChI is InChI=1S/C32H37N5O6S/c1-42-22-9-23-43-27-13-8-12-26(24-27)37-29(25-10-4-2-5-11-25)30(31(38)35-19-16-33-17-20-35)36(32(37)39)21-18-34-44(40,41)28-14-6-3-7-15-28/h2-8,10-15,24,33-34H,9,16-23H2,1H3. The summed E-state index contributed by atoms with van der Waals surface area (Å²) in [7, 11) is -2.19. The molecule has 0 radical (unpaired) electrons. The van der Waals surface area contributed by atoms with Crippen molar-refractivity contribution in [1.29, 1.82) is 0 Å². The molecule has 1 fully saturated rings. The lowest BCUT2D eigenvalue weighted by Crippen LogP contribution is -2.47. The van der Waals surface area contributed by atoms with E-state index in [1.165, 1.54) is 21.3 Å². The number of methoxy groups -OCH3 is 1. The third-order valence-corrected chi connectivity index (χ3v) is 8.79. The number of ether oxygens (including phenoxy) is 2. The molecule has 232 valence electrons. The summed E-state index contributed by atoms with van der Waals surface area (Å²) in [4.78, 5) is 30.4. The van der Waals surface area contributed by atoms with Gasteiger partial charge >= 0.3 is 5.69 Å². The number of hydrogen-bond acceptors (Lipinski definition) is 7. The summed E-state index contributed by atoms with van der Waals surface area (Å²) >= 11 is 0. The number of carbonyl (C=O) groups excluding carboxylic acids is 1. The van der Waals surface area contributed by atoms with E-state index in [0.717, 1.165) is 0 Å². The molecule has 0 aliphatic carbocycles. The molecule has 1 saturated heterocycles. The van der Waals surface area contributed by atoms with E-state index in [-0.39, 0.29) is 29.6 Å². The molecule has 1 aliphatic heterocycles. The van der Waals surface area contributed by atoms with Crippen LogP contribution in [0.5, 0.6) is 5.75 Å². The number of sulfonamides is 1. The van der Waals surface area contributed by atoms with E-state index in [9.17, 15) is 18.0 Å². The third-order valence-electron chi connectivity index (χ3n) is 7.31. The van der Waals surface area contributed by atoms with Crippen molar-refractivity contribution in [3.05, 3.63) is 101 Å². The first kappa shape index (κ1) is 31.2. The minimum absolute atomic E-state index is 0.0574. The Bertz CT molecular complexity index is 1720. The van der Waals surface area contributed by atoms with Crippen molar-refractivity contribution in [2.75, 3.05) is 53.0 Å². The molecule has 12 heteroatoms. The van der Waals surface area contributed by atoms with Crippen molar-refractivity contribution >= 4 is 15.9 Å². The van der Waals surface area contributed by atoms with Gasteiger partial charge in [0.15, 0.2) is 0 Å². The first-order chi connectivity index (χ1) is 21.4. The number of carbonyl (C=O) groups is 1. The van der Waals surface area contributed by atoms with Crippen LogP contribution in [0.2, 0.25) is 0 Å². The van der Waals surface area contributed by atoms with Gasteiger partial charge in [-0.2, -0.15) is 0 Å². The Kier molecular flexibility index (Phi) is 10.3. The molecule has 0 atom stereocenters. The summed E-state index contributed by atoms with van der Waals surface area (Å²) in [6.07, 6.45) is 0.703. The highest BCUT2D eigenvalue weighted by atomic mass is 32.2. The van der Waals surface area contributed by atoms with E-state index < -0.39 is 15.7 Å². The molecule has 0 unspecified atom stereocenters. The fourth-order valence-corrected chi connectivity index (χ4v) is 6.21. The van der Waals surface area contributed by atoms with E-state index in [1.54, 1.807) is 48.4 Å². The molecule has 1 aliphatic rings. The van der Waals surface area contributed by atoms with Crippen LogP contribution in [0.15, 0.2) is 94.6 Å². The summed E-state index contributed by atoms with van der Waals surface area (Å²) in [5.74, 6) is 0.280. The lowest BCUT2D eigenvalue weighted by molar-refractivity contribution is 0.0725. The van der Waals surface area contributed by atoms with E-state index in [2.05, 4.69) is 10.0 Å². The number of hydrogen-bond donors (Lipinski definition) is 2. The van der Waals surface area contributed by atoms with Crippen molar-refractivity contribution < 1.29 is 22.7 Å². The van der Waals surface area contributed by atoms with Gasteiger partial charge in [0, 0.05) is 71.0 Å². The fourth-order valence-electron chi connectivity index (χ4n) is 5.17. The summed E-state index contributed by atoms with van der Waals surface area (Å²) < 4.78 is 42.4. The molecular weight excluding hydrogens is 582 g/mol. The summed E-state index contributed by atoms with van der Waals surface area (Å²) in [5.41, 5.74) is 1.38. The zero-order chi connectivity index (χ0) is 30.9. The maximum atomic E-state index is 14.3. The number of nitrogens with one attached hydrogen (secondary N) is 2. The van der Waals surface area contributed by atoms with Crippen molar-refractivity contribution in [3.63, 3.8) is 0 Å². The van der Waals surface area contributed by atoms with Crippen molar-refractivity contribution in [2.45, 2.75) is 17.9 Å². The first-order valence-electron chi connectivity index (χ1n) is 14.6. The lowest BCUT2D eigenvalue weighted by atomic mass is 10.1. The Morgan fingerprint density at radius 3 is 2.34 bits per heavy atom. The van der Waals surface area contributed by atoms with E-state index in [4.69, 9.17) is 9.47 Å². The highest BCUT2D eigenvalue weighted by Gasteiger charge is 2.31. The predicted octanol–water partition coefficient (Wildman–Crippen LogP) is 2.75. The highest BCUT2D eigenvalue weighted by Crippen LogP contribution is 2.29. The Balaban J connectivity index is 1.60. The van der Waals surface area contributed by atoms with Crippen LogP contribution in [0.1, 0.15) is 16.9 Å². The topological polar surface area (TPSA) is 124 Å². The predicted molar refractivity (Wildman–Crippen MR) is 168 cm³/mol. The number of imidazole rings is 1. The molecule has 2 heterocycles. The molecule has 1 aromatic heterocycles. The van der Waals surface area contributed by atoms with Crippen molar-refractivity contribution in [3.8, 4) is 22.7 Å². The van der Waals surface area contributed by atoms with Crippen molar-refractivity contribution in [1.82, 2.24) is 24.1 Å². The number of nitrogens with zero attached hydrogens (tertiary/aromatic N) is 3. The fraction of sp³-hybridized carbons (Fsp3) is 0.312. The van der Waals surface area contributed by atoms with Crippen LogP contribution in [0, 0.1) is 0 Å². The monoisotopic (exact) mass is 619 g/mol. The molecule has 1 amide bonds. The molecule has 0 spiro atoms. The molecule has 44 heavy (non-hydrogen) atoms. The smallest absolute Gasteiger partial charge is 0.333 e. The van der Waals surface area contributed by atoms with E-state index in [1.807, 2.05) is 36.4 Å². The normalized spacial score (nSPS) is 13.6. The molecule has 11 nitrogen and oxygen atoms in total. The van der Waals surface area contributed by atoms with Crippen LogP contribution < -0.4 is 20.5 Å². The van der Waals surface area contributed by atoms with Crippen LogP contribution in [-0.4, -0.2) is 81.4 Å². The molecule has 2 N–H and O–H groups in total. The molecule has 4 aromatic rings. The number of amides is 1. The average molecular weight is 620 g/mol. The van der Waals surface area contributed by atoms with Crippen LogP contribution in [-0.2, 0) is 21.3 Å². The van der Waals surface area contributed by atoms with Crippen LogP contribution in [0.25, 0.3) is 16.9 Å². The van der Waals surface area contributed by atoms with Gasteiger partial charge in [-0.25, -0.2) is 17.9 Å². The Hall–Kier alpha value is -4.23. The van der Waals surface area contributed by atoms with Gasteiger partial charge < -0.3 is 19.7 Å². The van der Waals surface area contributed by atoms with Gasteiger partial charge in [0.1, 0.15) is 11.4 Å². The van der Waals surface area contributed by atoms with Gasteiger partial charge in [-0.1, -0.05) is 54.6 Å². The Morgan fingerprint density at radius 1 is 0.932 bits per heavy atom. The largest absolute Gasteiger partial charge is 0.493 e. The lowest BCUT2D eigenvalue weighted by Gasteiger charge is -2.28. The maximum absolute atomic E-state index is 14.3. The van der Waals surface area contributed by atoms with E-state index >= 15 is 0 Å². The summed E-state index contributed by atoms with van der Waals surface area (Å²) in [6.45, 7) is 3.08. The maximum Gasteiger partial charge on any atom is 0.333 e. The average Bonchev–Trinajstić information content (AvgIpc) is 3.35. The number of aromatic nitrogens is 2. The second-order valence-electron chi connectivity index (χ2n) is 10.3. The zero-order valence-corrected chi connectivity index (χ0v) is 25.5. The third kappa shape index (κ3) is 7.11. The van der Waals surface area contributed by atoms with Gasteiger partial charge in [0.05, 0.1) is 22.9 Å². The SMILES string of the molecule is COCCCOc1cccc(-n2c(-c3ccccc3)c(C(=O)N3CCNCC3)n(CCNS(=O)(=O)c3ccccc3)c2=O)c1. The van der Waals surface area contributed by atoms with Gasteiger partial charge in [-0.15, -0.1) is 0 Å². The molecule has 0 bridgehead atoms. The molecule has 3 aromatic carbocycles. The van der Waals surface area contributed by atoms with Gasteiger partial charge in [0.2, 0.25) is 10.0 Å². The minimum atomic E-state index is -3.82. The number of benzene rings is 3.